The summed E-state index contributed by atoms with van der Waals surface area (Å²) in [7, 11) is 0. The van der Waals surface area contributed by atoms with Crippen LogP contribution in [0.15, 0.2) is 42.5 Å². The molecule has 0 atom stereocenters. The fourth-order valence-corrected chi connectivity index (χ4v) is 4.24. The minimum Gasteiger partial charge on any atom is -0.494 e. The van der Waals surface area contributed by atoms with Gasteiger partial charge in [-0.25, -0.2) is 14.0 Å². The van der Waals surface area contributed by atoms with E-state index in [-0.39, 0.29) is 25.1 Å². The number of rotatable bonds is 18. The molecule has 218 valence electrons. The number of carbonyl (C=O) groups excluding carboxylic acids is 3. The van der Waals surface area contributed by atoms with E-state index in [4.69, 9.17) is 23.7 Å². The van der Waals surface area contributed by atoms with E-state index in [0.717, 1.165) is 43.9 Å². The molecule has 3 rings (SSSR count). The smallest absolute Gasteiger partial charge is 0.494 e. The van der Waals surface area contributed by atoms with Crippen LogP contribution in [0.1, 0.15) is 71.1 Å². The third kappa shape index (κ3) is 11.3. The molecule has 1 aliphatic rings. The van der Waals surface area contributed by atoms with Gasteiger partial charge in [-0.3, -0.25) is 4.79 Å². The number of ketones is 1. The van der Waals surface area contributed by atoms with Crippen LogP contribution in [0, 0.1) is 5.82 Å². The van der Waals surface area contributed by atoms with Crippen molar-refractivity contribution in [2.45, 2.75) is 77.2 Å². The molecule has 40 heavy (non-hydrogen) atoms. The van der Waals surface area contributed by atoms with Crippen LogP contribution in [-0.2, 0) is 23.8 Å². The number of carbonyl (C=O) groups is 3. The van der Waals surface area contributed by atoms with Crippen molar-refractivity contribution in [1.82, 2.24) is 0 Å². The molecule has 0 saturated carbocycles. The first kappa shape index (κ1) is 31.1. The van der Waals surface area contributed by atoms with Crippen LogP contribution < -0.4 is 9.47 Å². The Labute approximate surface area is 235 Å². The highest BCUT2D eigenvalue weighted by Gasteiger charge is 2.21. The SMILES string of the molecule is CC(=O)C(=O)Oc1ccc(-c2ccc(OCCCCCCCCCCCCOC3COC(=O)OC3)cc2)cc1F. The molecule has 0 radical (unpaired) electrons. The van der Waals surface area contributed by atoms with Gasteiger partial charge in [0.25, 0.3) is 0 Å². The average Bonchev–Trinajstić information content (AvgIpc) is 2.95. The molecule has 1 saturated heterocycles. The highest BCUT2D eigenvalue weighted by Crippen LogP contribution is 2.27. The van der Waals surface area contributed by atoms with Gasteiger partial charge in [-0.05, 0) is 48.2 Å². The number of halogens is 1. The Balaban J connectivity index is 1.17. The quantitative estimate of drug-likeness (QED) is 0.0851. The highest BCUT2D eigenvalue weighted by atomic mass is 19.1. The largest absolute Gasteiger partial charge is 0.508 e. The summed E-state index contributed by atoms with van der Waals surface area (Å²) in [6, 6.07) is 11.6. The van der Waals surface area contributed by atoms with Crippen molar-refractivity contribution in [3.05, 3.63) is 48.3 Å². The summed E-state index contributed by atoms with van der Waals surface area (Å²) in [5.74, 6) is -2.11. The van der Waals surface area contributed by atoms with E-state index < -0.39 is 23.7 Å². The third-order valence-corrected chi connectivity index (χ3v) is 6.54. The molecule has 0 aliphatic carbocycles. The zero-order chi connectivity index (χ0) is 28.6. The maximum Gasteiger partial charge on any atom is 0.508 e. The molecule has 2 aromatic rings. The lowest BCUT2D eigenvalue weighted by molar-refractivity contribution is -0.146. The molecule has 1 aliphatic heterocycles. The number of cyclic esters (lactones) is 2. The molecular weight excluding hydrogens is 519 g/mol. The summed E-state index contributed by atoms with van der Waals surface area (Å²) in [6.45, 7) is 2.97. The number of esters is 1. The third-order valence-electron chi connectivity index (χ3n) is 6.54. The van der Waals surface area contributed by atoms with Gasteiger partial charge in [-0.2, -0.15) is 0 Å². The van der Waals surface area contributed by atoms with Crippen molar-refractivity contribution in [1.29, 1.82) is 0 Å². The summed E-state index contributed by atoms with van der Waals surface area (Å²) < 4.78 is 40.1. The fourth-order valence-electron chi connectivity index (χ4n) is 4.24. The topological polar surface area (TPSA) is 97.4 Å². The molecule has 0 unspecified atom stereocenters. The van der Waals surface area contributed by atoms with Gasteiger partial charge >= 0.3 is 12.1 Å². The lowest BCUT2D eigenvalue weighted by Crippen LogP contribution is -2.34. The van der Waals surface area contributed by atoms with Gasteiger partial charge in [0.1, 0.15) is 25.1 Å². The summed E-state index contributed by atoms with van der Waals surface area (Å²) in [4.78, 5) is 33.2. The van der Waals surface area contributed by atoms with Crippen LogP contribution in [-0.4, -0.2) is 50.4 Å². The Morgan fingerprint density at radius 2 is 1.35 bits per heavy atom. The summed E-state index contributed by atoms with van der Waals surface area (Å²) in [5.41, 5.74) is 1.42. The first-order valence-corrected chi connectivity index (χ1v) is 14.1. The van der Waals surface area contributed by atoms with Crippen molar-refractivity contribution in [3.63, 3.8) is 0 Å². The standard InChI is InChI=1S/C31H39FO8/c1-23(33)30(34)40-29-17-14-25(20-28(29)32)24-12-15-26(16-13-24)36-18-10-8-6-4-2-3-5-7-9-11-19-37-27-21-38-31(35)39-22-27/h12-17,20,27H,2-11,18-19,21-22H2,1H3. The van der Waals surface area contributed by atoms with Gasteiger partial charge in [0.05, 0.1) is 6.61 Å². The zero-order valence-corrected chi connectivity index (χ0v) is 23.2. The number of hydrogen-bond donors (Lipinski definition) is 0. The van der Waals surface area contributed by atoms with Crippen molar-refractivity contribution >= 4 is 17.9 Å². The first-order valence-electron chi connectivity index (χ1n) is 14.1. The van der Waals surface area contributed by atoms with Crippen molar-refractivity contribution in [2.75, 3.05) is 26.4 Å². The average molecular weight is 559 g/mol. The molecular formula is C31H39FO8. The maximum absolute atomic E-state index is 14.3. The number of unbranched alkanes of at least 4 members (excludes halogenated alkanes) is 9. The van der Waals surface area contributed by atoms with E-state index in [1.54, 1.807) is 6.07 Å². The first-order chi connectivity index (χ1) is 19.4. The molecule has 9 heteroatoms. The number of ether oxygens (including phenoxy) is 5. The molecule has 0 bridgehead atoms. The molecule has 0 spiro atoms. The second-order valence-electron chi connectivity index (χ2n) is 9.86. The van der Waals surface area contributed by atoms with Crippen LogP contribution in [0.4, 0.5) is 9.18 Å². The Morgan fingerprint density at radius 3 is 1.93 bits per heavy atom. The van der Waals surface area contributed by atoms with Crippen molar-refractivity contribution in [3.8, 4) is 22.6 Å². The van der Waals surface area contributed by atoms with Crippen LogP contribution in [0.25, 0.3) is 11.1 Å². The van der Waals surface area contributed by atoms with Gasteiger partial charge in [-0.15, -0.1) is 0 Å². The lowest BCUT2D eigenvalue weighted by Gasteiger charge is -2.21. The second kappa shape index (κ2) is 17.3. The van der Waals surface area contributed by atoms with Gasteiger partial charge in [-0.1, -0.05) is 69.6 Å². The molecule has 2 aromatic carbocycles. The Morgan fingerprint density at radius 1 is 0.800 bits per heavy atom. The summed E-state index contributed by atoms with van der Waals surface area (Å²) in [6.07, 6.45) is 10.9. The van der Waals surface area contributed by atoms with Crippen LogP contribution >= 0.6 is 0 Å². The van der Waals surface area contributed by atoms with E-state index in [1.165, 1.54) is 50.7 Å². The molecule has 0 amide bonds. The molecule has 0 N–H and O–H groups in total. The second-order valence-corrected chi connectivity index (χ2v) is 9.86. The molecule has 8 nitrogen and oxygen atoms in total. The predicted octanol–water partition coefficient (Wildman–Crippen LogP) is 6.82. The fraction of sp³-hybridized carbons (Fsp3) is 0.516. The minimum absolute atomic E-state index is 0.137. The van der Waals surface area contributed by atoms with Gasteiger partial charge in [0.15, 0.2) is 11.6 Å². The molecule has 0 aromatic heterocycles. The molecule has 1 fully saturated rings. The summed E-state index contributed by atoms with van der Waals surface area (Å²) in [5, 5.41) is 0. The van der Waals surface area contributed by atoms with E-state index in [1.807, 2.05) is 24.3 Å². The number of benzene rings is 2. The van der Waals surface area contributed by atoms with E-state index in [2.05, 4.69) is 0 Å². The van der Waals surface area contributed by atoms with Gasteiger partial charge in [0.2, 0.25) is 5.78 Å². The van der Waals surface area contributed by atoms with Gasteiger partial charge in [0, 0.05) is 13.5 Å². The Kier molecular flexibility index (Phi) is 13.4. The van der Waals surface area contributed by atoms with Crippen LogP contribution in [0.5, 0.6) is 11.5 Å². The Hall–Kier alpha value is -3.46. The van der Waals surface area contributed by atoms with E-state index in [0.29, 0.717) is 18.8 Å². The predicted molar refractivity (Wildman–Crippen MR) is 147 cm³/mol. The van der Waals surface area contributed by atoms with Crippen LogP contribution in [0.2, 0.25) is 0 Å². The Bertz CT molecular complexity index is 1080. The normalized spacial score (nSPS) is 13.4. The van der Waals surface area contributed by atoms with E-state index >= 15 is 0 Å². The summed E-state index contributed by atoms with van der Waals surface area (Å²) >= 11 is 0. The zero-order valence-electron chi connectivity index (χ0n) is 23.2. The number of Topliss-reactive ketones (excluding diaryl/α,β-unsaturated/α-hetero) is 1. The molecule has 1 heterocycles. The van der Waals surface area contributed by atoms with Crippen molar-refractivity contribution < 1.29 is 42.5 Å². The minimum atomic E-state index is -1.10. The lowest BCUT2D eigenvalue weighted by atomic mass is 10.1. The van der Waals surface area contributed by atoms with Crippen molar-refractivity contribution in [2.24, 2.45) is 0 Å². The highest BCUT2D eigenvalue weighted by molar-refractivity contribution is 6.33. The maximum atomic E-state index is 14.3. The van der Waals surface area contributed by atoms with Gasteiger partial charge < -0.3 is 23.7 Å². The monoisotopic (exact) mass is 558 g/mol. The van der Waals surface area contributed by atoms with E-state index in [9.17, 15) is 18.8 Å². The number of hydrogen-bond acceptors (Lipinski definition) is 8. The van der Waals surface area contributed by atoms with Crippen LogP contribution in [0.3, 0.4) is 0 Å².